The summed E-state index contributed by atoms with van der Waals surface area (Å²) in [6, 6.07) is 23.9. The number of halogens is 1. The van der Waals surface area contributed by atoms with Crippen molar-refractivity contribution < 1.29 is 18.7 Å². The number of hydrogen-bond donors (Lipinski definition) is 1. The molecule has 37 heavy (non-hydrogen) atoms. The Morgan fingerprint density at radius 2 is 1.57 bits per heavy atom. The van der Waals surface area contributed by atoms with E-state index in [1.807, 2.05) is 55.5 Å². The van der Waals surface area contributed by atoms with E-state index in [1.54, 1.807) is 24.3 Å². The summed E-state index contributed by atoms with van der Waals surface area (Å²) in [6.07, 6.45) is 0. The second-order valence-corrected chi connectivity index (χ2v) is 9.34. The highest BCUT2D eigenvalue weighted by Gasteiger charge is 2.53. The molecule has 0 radical (unpaired) electrons. The number of nitrogens with one attached hydrogen (secondary N) is 1. The number of aryl methyl sites for hydroxylation is 1. The molecular weight excluding hydrogens is 467 g/mol. The lowest BCUT2D eigenvalue weighted by Crippen LogP contribution is -2.33. The third kappa shape index (κ3) is 3.47. The number of nitrogens with zero attached hydrogens (tertiary/aromatic N) is 1. The number of carbonyl (C=O) groups is 1. The summed E-state index contributed by atoms with van der Waals surface area (Å²) in [5.41, 5.74) is 4.54. The zero-order valence-electron chi connectivity index (χ0n) is 21.0. The summed E-state index contributed by atoms with van der Waals surface area (Å²) in [5.74, 6) is 0.518. The van der Waals surface area contributed by atoms with Gasteiger partial charge in [0.15, 0.2) is 5.60 Å². The van der Waals surface area contributed by atoms with Gasteiger partial charge in [0.2, 0.25) is 0 Å². The van der Waals surface area contributed by atoms with Gasteiger partial charge in [-0.15, -0.1) is 0 Å². The smallest absolute Gasteiger partial charge is 0.340 e. The van der Waals surface area contributed by atoms with Crippen molar-refractivity contribution in [1.82, 2.24) is 0 Å². The van der Waals surface area contributed by atoms with Crippen LogP contribution in [0.2, 0.25) is 0 Å². The third-order valence-electron chi connectivity index (χ3n) is 7.31. The van der Waals surface area contributed by atoms with Crippen molar-refractivity contribution in [3.8, 4) is 11.5 Å². The summed E-state index contributed by atoms with van der Waals surface area (Å²) in [7, 11) is 0. The lowest BCUT2D eigenvalue weighted by molar-refractivity contribution is 0.0224. The maximum atomic E-state index is 14.5. The quantitative estimate of drug-likeness (QED) is 0.295. The fourth-order valence-electron chi connectivity index (χ4n) is 5.44. The Kier molecular flexibility index (Phi) is 5.41. The second-order valence-electron chi connectivity index (χ2n) is 9.34. The standard InChI is InChI=1S/C31H27FN2O3/c1-4-34(5-2)20-14-15-23-29(17-20)36-28-16-19(3)27(33-26-13-9-8-12-25(26)32)18-24(28)31(23)22-11-7-6-10-21(22)30(35)37-31/h6-18,33H,4-5H2,1-3H3. The topological polar surface area (TPSA) is 50.8 Å². The number of benzene rings is 4. The van der Waals surface area contributed by atoms with Gasteiger partial charge in [-0.3, -0.25) is 0 Å². The molecule has 1 spiro atoms. The van der Waals surface area contributed by atoms with Crippen LogP contribution < -0.4 is 15.0 Å². The van der Waals surface area contributed by atoms with E-state index in [4.69, 9.17) is 9.47 Å². The molecule has 6 rings (SSSR count). The normalized spacial score (nSPS) is 16.9. The number of anilines is 3. The van der Waals surface area contributed by atoms with Gasteiger partial charge in [0, 0.05) is 47.2 Å². The monoisotopic (exact) mass is 494 g/mol. The summed E-state index contributed by atoms with van der Waals surface area (Å²) in [4.78, 5) is 15.4. The van der Waals surface area contributed by atoms with Crippen LogP contribution in [0.25, 0.3) is 0 Å². The molecule has 0 saturated heterocycles. The van der Waals surface area contributed by atoms with Crippen molar-refractivity contribution in [1.29, 1.82) is 0 Å². The van der Waals surface area contributed by atoms with Gasteiger partial charge in [-0.1, -0.05) is 30.3 Å². The van der Waals surface area contributed by atoms with Crippen molar-refractivity contribution in [3.63, 3.8) is 0 Å². The molecule has 5 nitrogen and oxygen atoms in total. The highest BCUT2D eigenvalue weighted by molar-refractivity contribution is 5.97. The van der Waals surface area contributed by atoms with Crippen LogP contribution in [0.5, 0.6) is 11.5 Å². The molecule has 2 aliphatic rings. The average molecular weight is 495 g/mol. The van der Waals surface area contributed by atoms with Gasteiger partial charge in [0.05, 0.1) is 11.3 Å². The van der Waals surface area contributed by atoms with E-state index < -0.39 is 5.60 Å². The molecule has 6 heteroatoms. The minimum atomic E-state index is -1.18. The number of hydrogen-bond acceptors (Lipinski definition) is 5. The van der Waals surface area contributed by atoms with E-state index in [-0.39, 0.29) is 11.8 Å². The first-order valence-electron chi connectivity index (χ1n) is 12.5. The molecule has 1 N–H and O–H groups in total. The molecule has 4 aromatic carbocycles. The largest absolute Gasteiger partial charge is 0.456 e. The number of rotatable bonds is 5. The van der Waals surface area contributed by atoms with Crippen LogP contribution in [0.3, 0.4) is 0 Å². The first kappa shape index (κ1) is 23.1. The third-order valence-corrected chi connectivity index (χ3v) is 7.31. The minimum Gasteiger partial charge on any atom is -0.456 e. The van der Waals surface area contributed by atoms with Crippen molar-refractivity contribution in [2.75, 3.05) is 23.3 Å². The fraction of sp³-hybridized carbons (Fsp3) is 0.194. The van der Waals surface area contributed by atoms with E-state index in [1.165, 1.54) is 6.07 Å². The molecule has 186 valence electrons. The van der Waals surface area contributed by atoms with Gasteiger partial charge < -0.3 is 19.7 Å². The Labute approximate surface area is 215 Å². The molecule has 1 atom stereocenters. The second kappa shape index (κ2) is 8.66. The van der Waals surface area contributed by atoms with Crippen LogP contribution in [0.4, 0.5) is 21.5 Å². The fourth-order valence-corrected chi connectivity index (χ4v) is 5.44. The molecule has 0 fully saturated rings. The number of esters is 1. The summed E-state index contributed by atoms with van der Waals surface area (Å²) < 4.78 is 27.3. The van der Waals surface area contributed by atoms with Gasteiger partial charge in [-0.25, -0.2) is 9.18 Å². The SMILES string of the molecule is CCN(CC)c1ccc2c(c1)Oc1cc(C)c(Nc3ccccc3F)cc1C21OC(=O)c2ccccc21. The zero-order valence-corrected chi connectivity index (χ0v) is 21.0. The minimum absolute atomic E-state index is 0.350. The Morgan fingerprint density at radius 1 is 0.838 bits per heavy atom. The number of para-hydroxylation sites is 1. The Hall–Kier alpha value is -4.32. The Morgan fingerprint density at radius 3 is 2.35 bits per heavy atom. The van der Waals surface area contributed by atoms with Crippen LogP contribution in [0, 0.1) is 12.7 Å². The van der Waals surface area contributed by atoms with Crippen molar-refractivity contribution in [2.45, 2.75) is 26.4 Å². The van der Waals surface area contributed by atoms with Gasteiger partial charge >= 0.3 is 5.97 Å². The molecule has 0 saturated carbocycles. The van der Waals surface area contributed by atoms with Crippen LogP contribution in [0.1, 0.15) is 46.5 Å². The molecule has 2 aliphatic heterocycles. The molecular formula is C31H27FN2O3. The van der Waals surface area contributed by atoms with E-state index >= 15 is 0 Å². The Balaban J connectivity index is 1.58. The predicted molar refractivity (Wildman–Crippen MR) is 143 cm³/mol. The molecule has 0 aromatic heterocycles. The maximum Gasteiger partial charge on any atom is 0.340 e. The average Bonchev–Trinajstić information content (AvgIpc) is 3.20. The molecule has 1 unspecified atom stereocenters. The van der Waals surface area contributed by atoms with E-state index in [2.05, 4.69) is 24.1 Å². The van der Waals surface area contributed by atoms with Crippen LogP contribution in [0.15, 0.2) is 78.9 Å². The van der Waals surface area contributed by atoms with Crippen molar-refractivity contribution in [2.24, 2.45) is 0 Å². The van der Waals surface area contributed by atoms with Gasteiger partial charge in [0.1, 0.15) is 17.3 Å². The summed E-state index contributed by atoms with van der Waals surface area (Å²) >= 11 is 0. The highest BCUT2D eigenvalue weighted by atomic mass is 19.1. The lowest BCUT2D eigenvalue weighted by Gasteiger charge is -2.37. The first-order chi connectivity index (χ1) is 18.0. The van der Waals surface area contributed by atoms with E-state index in [0.717, 1.165) is 35.5 Å². The van der Waals surface area contributed by atoms with Crippen LogP contribution >= 0.6 is 0 Å². The lowest BCUT2D eigenvalue weighted by atomic mass is 9.77. The molecule has 0 amide bonds. The van der Waals surface area contributed by atoms with Crippen LogP contribution in [-0.2, 0) is 10.3 Å². The van der Waals surface area contributed by atoms with Gasteiger partial charge in [-0.05, 0) is 68.8 Å². The first-order valence-corrected chi connectivity index (χ1v) is 12.5. The summed E-state index contributed by atoms with van der Waals surface area (Å²) in [6.45, 7) is 7.89. The van der Waals surface area contributed by atoms with Crippen LogP contribution in [-0.4, -0.2) is 19.1 Å². The van der Waals surface area contributed by atoms with Crippen molar-refractivity contribution in [3.05, 3.63) is 112 Å². The number of carbonyl (C=O) groups excluding carboxylic acids is 1. The van der Waals surface area contributed by atoms with Gasteiger partial charge in [0.25, 0.3) is 0 Å². The highest BCUT2D eigenvalue weighted by Crippen LogP contribution is 2.57. The zero-order chi connectivity index (χ0) is 25.7. The number of ether oxygens (including phenoxy) is 2. The Bertz CT molecular complexity index is 1550. The maximum absolute atomic E-state index is 14.5. The van der Waals surface area contributed by atoms with Gasteiger partial charge in [-0.2, -0.15) is 0 Å². The molecule has 4 aromatic rings. The van der Waals surface area contributed by atoms with Crippen molar-refractivity contribution >= 4 is 23.0 Å². The predicted octanol–water partition coefficient (Wildman–Crippen LogP) is 7.29. The molecule has 2 heterocycles. The molecule has 0 aliphatic carbocycles. The van der Waals surface area contributed by atoms with E-state index in [0.29, 0.717) is 34.0 Å². The number of fused-ring (bicyclic) bond motifs is 6. The molecule has 0 bridgehead atoms. The van der Waals surface area contributed by atoms with E-state index in [9.17, 15) is 9.18 Å². The summed E-state index contributed by atoms with van der Waals surface area (Å²) in [5, 5.41) is 3.22.